The highest BCUT2D eigenvalue weighted by atomic mass is 16.6. The van der Waals surface area contributed by atoms with E-state index in [1.165, 1.54) is 11.1 Å². The second-order valence-electron chi connectivity index (χ2n) is 8.66. The number of nitrogens with zero attached hydrogens (tertiary/aromatic N) is 3. The van der Waals surface area contributed by atoms with E-state index < -0.39 is 4.92 Å². The topological polar surface area (TPSA) is 133 Å². The van der Waals surface area contributed by atoms with Gasteiger partial charge in [-0.2, -0.15) is 4.98 Å². The zero-order valence-electron chi connectivity index (χ0n) is 17.2. The van der Waals surface area contributed by atoms with Crippen molar-refractivity contribution in [3.63, 3.8) is 0 Å². The van der Waals surface area contributed by atoms with Gasteiger partial charge in [-0.3, -0.25) is 10.1 Å². The van der Waals surface area contributed by atoms with Crippen molar-refractivity contribution >= 4 is 17.5 Å². The molecule has 0 unspecified atom stereocenters. The van der Waals surface area contributed by atoms with Crippen LogP contribution in [0.4, 0.5) is 17.5 Å². The Labute approximate surface area is 176 Å². The van der Waals surface area contributed by atoms with Gasteiger partial charge >= 0.3 is 5.69 Å². The number of benzene rings is 1. The van der Waals surface area contributed by atoms with Gasteiger partial charge in [0.2, 0.25) is 11.8 Å². The highest BCUT2D eigenvalue weighted by molar-refractivity contribution is 5.58. The Morgan fingerprint density at radius 2 is 1.77 bits per heavy atom. The SMILES string of the molecule is NCC1CCC(Cc2nc(N[C@H]3CCc4ccccc4C3)nc(N)c2[N+](=O)[O-])CC1. The van der Waals surface area contributed by atoms with Crippen molar-refractivity contribution in [1.29, 1.82) is 0 Å². The number of nitrogens with one attached hydrogen (secondary N) is 1. The van der Waals surface area contributed by atoms with E-state index in [1.54, 1.807) is 0 Å². The van der Waals surface area contributed by atoms with Gasteiger partial charge in [0.05, 0.1) is 4.92 Å². The Balaban J connectivity index is 1.51. The zero-order chi connectivity index (χ0) is 21.1. The minimum Gasteiger partial charge on any atom is -0.378 e. The number of fused-ring (bicyclic) bond motifs is 1. The van der Waals surface area contributed by atoms with Gasteiger partial charge in [-0.1, -0.05) is 24.3 Å². The summed E-state index contributed by atoms with van der Waals surface area (Å²) in [6.07, 6.45) is 7.58. The summed E-state index contributed by atoms with van der Waals surface area (Å²) >= 11 is 0. The molecule has 1 aromatic carbocycles. The van der Waals surface area contributed by atoms with Crippen LogP contribution in [0.25, 0.3) is 0 Å². The second kappa shape index (κ2) is 8.95. The second-order valence-corrected chi connectivity index (χ2v) is 8.66. The summed E-state index contributed by atoms with van der Waals surface area (Å²) in [5, 5.41) is 15.0. The first-order chi connectivity index (χ1) is 14.5. The fourth-order valence-corrected chi connectivity index (χ4v) is 4.87. The summed E-state index contributed by atoms with van der Waals surface area (Å²) in [4.78, 5) is 20.0. The van der Waals surface area contributed by atoms with Gasteiger partial charge < -0.3 is 16.8 Å². The van der Waals surface area contributed by atoms with Gasteiger partial charge in [0.15, 0.2) is 0 Å². The van der Waals surface area contributed by atoms with Gasteiger partial charge in [0, 0.05) is 6.04 Å². The molecule has 2 aliphatic rings. The number of nitro groups is 1. The quantitative estimate of drug-likeness (QED) is 0.492. The van der Waals surface area contributed by atoms with Gasteiger partial charge in [0.1, 0.15) is 5.69 Å². The Morgan fingerprint density at radius 1 is 1.07 bits per heavy atom. The van der Waals surface area contributed by atoms with Crippen molar-refractivity contribution in [1.82, 2.24) is 9.97 Å². The average molecular weight is 411 g/mol. The van der Waals surface area contributed by atoms with Crippen LogP contribution < -0.4 is 16.8 Å². The summed E-state index contributed by atoms with van der Waals surface area (Å²) in [6.45, 7) is 0.714. The number of hydrogen-bond donors (Lipinski definition) is 3. The molecule has 5 N–H and O–H groups in total. The van der Waals surface area contributed by atoms with Crippen LogP contribution in [0.1, 0.15) is 48.9 Å². The number of aryl methyl sites for hydroxylation is 1. The molecule has 1 atom stereocenters. The molecule has 1 fully saturated rings. The molecular formula is C22H30N6O2. The fourth-order valence-electron chi connectivity index (χ4n) is 4.87. The third-order valence-electron chi connectivity index (χ3n) is 6.63. The highest BCUT2D eigenvalue weighted by Gasteiger charge is 2.28. The van der Waals surface area contributed by atoms with Gasteiger partial charge in [0.25, 0.3) is 0 Å². The molecule has 0 saturated heterocycles. The first kappa shape index (κ1) is 20.5. The largest absolute Gasteiger partial charge is 0.378 e. The van der Waals surface area contributed by atoms with E-state index >= 15 is 0 Å². The Hall–Kier alpha value is -2.74. The first-order valence-electron chi connectivity index (χ1n) is 10.9. The van der Waals surface area contributed by atoms with Crippen LogP contribution in [0, 0.1) is 22.0 Å². The van der Waals surface area contributed by atoms with Crippen LogP contribution in [0.2, 0.25) is 0 Å². The van der Waals surface area contributed by atoms with Crippen molar-refractivity contribution in [2.24, 2.45) is 17.6 Å². The predicted molar refractivity (Wildman–Crippen MR) is 117 cm³/mol. The van der Waals surface area contributed by atoms with E-state index in [0.717, 1.165) is 44.9 Å². The van der Waals surface area contributed by atoms with E-state index in [9.17, 15) is 10.1 Å². The molecule has 1 heterocycles. The zero-order valence-corrected chi connectivity index (χ0v) is 17.2. The first-order valence-corrected chi connectivity index (χ1v) is 10.9. The third kappa shape index (κ3) is 4.53. The monoisotopic (exact) mass is 410 g/mol. The highest BCUT2D eigenvalue weighted by Crippen LogP contribution is 2.34. The van der Waals surface area contributed by atoms with E-state index in [2.05, 4.69) is 39.6 Å². The Kier molecular flexibility index (Phi) is 6.13. The molecule has 0 aliphatic heterocycles. The Morgan fingerprint density at radius 3 is 2.47 bits per heavy atom. The van der Waals surface area contributed by atoms with Crippen LogP contribution in [-0.2, 0) is 19.3 Å². The fraction of sp³-hybridized carbons (Fsp3) is 0.545. The van der Waals surface area contributed by atoms with E-state index in [-0.39, 0.29) is 17.5 Å². The van der Waals surface area contributed by atoms with E-state index in [4.69, 9.17) is 11.5 Å². The molecule has 1 aromatic heterocycles. The maximum atomic E-state index is 11.6. The molecule has 0 spiro atoms. The van der Waals surface area contributed by atoms with Gasteiger partial charge in [-0.25, -0.2) is 4.98 Å². The lowest BCUT2D eigenvalue weighted by Crippen LogP contribution is -2.29. The van der Waals surface area contributed by atoms with Crippen molar-refractivity contribution in [2.75, 3.05) is 17.6 Å². The normalized spacial score (nSPS) is 23.6. The minimum absolute atomic E-state index is 0.0562. The maximum absolute atomic E-state index is 11.6. The lowest BCUT2D eigenvalue weighted by Gasteiger charge is -2.28. The molecule has 0 radical (unpaired) electrons. The molecule has 4 rings (SSSR count). The molecular weight excluding hydrogens is 380 g/mol. The van der Waals surface area contributed by atoms with Crippen LogP contribution in [0.15, 0.2) is 24.3 Å². The number of hydrogen-bond acceptors (Lipinski definition) is 7. The minimum atomic E-state index is -0.448. The van der Waals surface area contributed by atoms with Crippen molar-refractivity contribution in [2.45, 2.75) is 57.4 Å². The van der Waals surface area contributed by atoms with Crippen LogP contribution in [0.5, 0.6) is 0 Å². The van der Waals surface area contributed by atoms with Crippen LogP contribution in [0.3, 0.4) is 0 Å². The molecule has 160 valence electrons. The van der Waals surface area contributed by atoms with Gasteiger partial charge in [-0.15, -0.1) is 0 Å². The standard InChI is InChI=1S/C22H30N6O2/c23-13-15-7-5-14(6-8-15)11-19-20(28(29)30)21(24)27-22(26-19)25-18-10-9-16-3-1-2-4-17(16)12-18/h1-4,14-15,18H,5-13,23H2,(H3,24,25,26,27)/t14?,15?,18-/m0/s1. The van der Waals surface area contributed by atoms with Crippen molar-refractivity contribution in [3.05, 3.63) is 51.2 Å². The summed E-state index contributed by atoms with van der Waals surface area (Å²) in [7, 11) is 0. The molecule has 1 saturated carbocycles. The van der Waals surface area contributed by atoms with Crippen molar-refractivity contribution in [3.8, 4) is 0 Å². The molecule has 8 heteroatoms. The summed E-state index contributed by atoms with van der Waals surface area (Å²) in [6, 6.07) is 8.63. The third-order valence-corrected chi connectivity index (χ3v) is 6.63. The molecule has 0 bridgehead atoms. The van der Waals surface area contributed by atoms with E-state index in [0.29, 0.717) is 36.4 Å². The molecule has 0 amide bonds. The van der Waals surface area contributed by atoms with E-state index in [1.807, 2.05) is 0 Å². The predicted octanol–water partition coefficient (Wildman–Crippen LogP) is 3.24. The lowest BCUT2D eigenvalue weighted by atomic mass is 9.80. The smallest absolute Gasteiger partial charge is 0.332 e. The number of anilines is 2. The molecule has 2 aliphatic carbocycles. The van der Waals surface area contributed by atoms with Gasteiger partial charge in [-0.05, 0) is 80.9 Å². The average Bonchev–Trinajstić information content (AvgIpc) is 2.73. The lowest BCUT2D eigenvalue weighted by molar-refractivity contribution is -0.385. The van der Waals surface area contributed by atoms with Crippen LogP contribution in [-0.4, -0.2) is 27.5 Å². The molecule has 30 heavy (non-hydrogen) atoms. The molecule has 8 nitrogen and oxygen atoms in total. The van der Waals surface area contributed by atoms with Crippen LogP contribution >= 0.6 is 0 Å². The number of rotatable bonds is 6. The summed E-state index contributed by atoms with van der Waals surface area (Å²) in [5.74, 6) is 1.28. The summed E-state index contributed by atoms with van der Waals surface area (Å²) < 4.78 is 0. The Bertz CT molecular complexity index is 910. The number of nitrogen functional groups attached to an aromatic ring is 1. The maximum Gasteiger partial charge on any atom is 0.332 e. The summed E-state index contributed by atoms with van der Waals surface area (Å²) in [5.41, 5.74) is 14.8. The van der Waals surface area contributed by atoms with Crippen molar-refractivity contribution < 1.29 is 4.92 Å². The number of aromatic nitrogens is 2. The molecule has 2 aromatic rings. The number of nitrogens with two attached hydrogens (primary N) is 2.